The highest BCUT2D eigenvalue weighted by Crippen LogP contribution is 2.36. The van der Waals surface area contributed by atoms with Crippen LogP contribution < -0.4 is 5.73 Å². The molecule has 0 spiro atoms. The van der Waals surface area contributed by atoms with E-state index >= 15 is 0 Å². The van der Waals surface area contributed by atoms with Gasteiger partial charge >= 0.3 is 0 Å². The summed E-state index contributed by atoms with van der Waals surface area (Å²) in [6, 6.07) is 1.29. The number of halogens is 3. The zero-order chi connectivity index (χ0) is 13.3. The third-order valence-electron chi connectivity index (χ3n) is 3.67. The minimum absolute atomic E-state index is 0.0723. The lowest BCUT2D eigenvalue weighted by molar-refractivity contribution is 0.121. The van der Waals surface area contributed by atoms with E-state index in [0.717, 1.165) is 25.5 Å². The van der Waals surface area contributed by atoms with E-state index in [0.29, 0.717) is 12.6 Å². The van der Waals surface area contributed by atoms with Gasteiger partial charge in [0, 0.05) is 17.7 Å². The molecule has 1 aromatic carbocycles. The van der Waals surface area contributed by atoms with Gasteiger partial charge < -0.3 is 5.73 Å². The molecule has 2 unspecified atom stereocenters. The first-order valence-electron chi connectivity index (χ1n) is 6.09. The number of nitrogens with zero attached hydrogens (tertiary/aromatic N) is 1. The molecule has 0 bridgehead atoms. The third kappa shape index (κ3) is 2.37. The van der Waals surface area contributed by atoms with Crippen LogP contribution in [0.2, 0.25) is 0 Å². The van der Waals surface area contributed by atoms with E-state index in [1.807, 2.05) is 11.9 Å². The molecule has 5 heteroatoms. The second-order valence-electron chi connectivity index (χ2n) is 4.85. The SMILES string of the molecule is CN1CCCC(CN)C1c1cc(F)c(F)cc1F. The standard InChI is InChI=1S/C13H17F3N2/c1-18-4-2-3-8(7-17)13(18)9-5-11(15)12(16)6-10(9)14/h5-6,8,13H,2-4,7,17H2,1H3. The summed E-state index contributed by atoms with van der Waals surface area (Å²) in [6.07, 6.45) is 1.87. The van der Waals surface area contributed by atoms with Crippen molar-refractivity contribution < 1.29 is 13.2 Å². The van der Waals surface area contributed by atoms with Crippen LogP contribution in [0.5, 0.6) is 0 Å². The first-order valence-corrected chi connectivity index (χ1v) is 6.09. The second kappa shape index (κ2) is 5.28. The molecule has 18 heavy (non-hydrogen) atoms. The van der Waals surface area contributed by atoms with Crippen molar-refractivity contribution in [1.82, 2.24) is 4.90 Å². The number of likely N-dealkylation sites (tertiary alicyclic amines) is 1. The van der Waals surface area contributed by atoms with Crippen LogP contribution in [0.3, 0.4) is 0 Å². The van der Waals surface area contributed by atoms with E-state index in [2.05, 4.69) is 0 Å². The Morgan fingerprint density at radius 2 is 1.89 bits per heavy atom. The Morgan fingerprint density at radius 3 is 2.56 bits per heavy atom. The van der Waals surface area contributed by atoms with E-state index in [1.54, 1.807) is 0 Å². The molecule has 1 aliphatic rings. The Hall–Kier alpha value is -1.07. The molecule has 2 atom stereocenters. The molecular formula is C13H17F3N2. The highest BCUT2D eigenvalue weighted by molar-refractivity contribution is 5.24. The molecule has 1 fully saturated rings. The van der Waals surface area contributed by atoms with Crippen LogP contribution in [-0.4, -0.2) is 25.0 Å². The van der Waals surface area contributed by atoms with Crippen molar-refractivity contribution >= 4 is 0 Å². The maximum absolute atomic E-state index is 13.8. The normalized spacial score (nSPS) is 25.4. The predicted molar refractivity (Wildman–Crippen MR) is 63.5 cm³/mol. The van der Waals surface area contributed by atoms with Crippen molar-refractivity contribution in [3.05, 3.63) is 35.1 Å². The zero-order valence-corrected chi connectivity index (χ0v) is 10.3. The van der Waals surface area contributed by atoms with Gasteiger partial charge in [-0.3, -0.25) is 4.90 Å². The Labute approximate surface area is 105 Å². The molecule has 2 nitrogen and oxygen atoms in total. The Morgan fingerprint density at radius 1 is 1.22 bits per heavy atom. The number of piperidine rings is 1. The summed E-state index contributed by atoms with van der Waals surface area (Å²) in [6.45, 7) is 1.22. The van der Waals surface area contributed by atoms with Gasteiger partial charge in [0.1, 0.15) is 5.82 Å². The first-order chi connectivity index (χ1) is 8.54. The summed E-state index contributed by atoms with van der Waals surface area (Å²) in [7, 11) is 1.85. The van der Waals surface area contributed by atoms with Crippen molar-refractivity contribution in [2.24, 2.45) is 11.7 Å². The largest absolute Gasteiger partial charge is 0.330 e. The summed E-state index contributed by atoms with van der Waals surface area (Å²) in [5.74, 6) is -2.80. The van der Waals surface area contributed by atoms with Crippen molar-refractivity contribution in [1.29, 1.82) is 0 Å². The minimum Gasteiger partial charge on any atom is -0.330 e. The van der Waals surface area contributed by atoms with Gasteiger partial charge in [0.15, 0.2) is 11.6 Å². The molecule has 100 valence electrons. The van der Waals surface area contributed by atoms with Gasteiger partial charge in [0.2, 0.25) is 0 Å². The van der Waals surface area contributed by atoms with Crippen LogP contribution in [0.4, 0.5) is 13.2 Å². The Bertz CT molecular complexity index is 436. The van der Waals surface area contributed by atoms with E-state index in [9.17, 15) is 13.2 Å². The van der Waals surface area contributed by atoms with Crippen LogP contribution in [0.15, 0.2) is 12.1 Å². The van der Waals surface area contributed by atoms with E-state index < -0.39 is 17.5 Å². The van der Waals surface area contributed by atoms with E-state index in [-0.39, 0.29) is 17.5 Å². The van der Waals surface area contributed by atoms with Crippen LogP contribution >= 0.6 is 0 Å². The lowest BCUT2D eigenvalue weighted by Crippen LogP contribution is -2.39. The predicted octanol–water partition coefficient (Wildman–Crippen LogP) is 2.45. The molecule has 1 aliphatic heterocycles. The fraction of sp³-hybridized carbons (Fsp3) is 0.538. The molecule has 2 rings (SSSR count). The van der Waals surface area contributed by atoms with Crippen molar-refractivity contribution in [3.63, 3.8) is 0 Å². The third-order valence-corrected chi connectivity index (χ3v) is 3.67. The van der Waals surface area contributed by atoms with Crippen LogP contribution in [0.25, 0.3) is 0 Å². The van der Waals surface area contributed by atoms with Gasteiger partial charge in [-0.15, -0.1) is 0 Å². The highest BCUT2D eigenvalue weighted by atomic mass is 19.2. The van der Waals surface area contributed by atoms with Gasteiger partial charge in [0.05, 0.1) is 0 Å². The highest BCUT2D eigenvalue weighted by Gasteiger charge is 2.32. The van der Waals surface area contributed by atoms with E-state index in [4.69, 9.17) is 5.73 Å². The fourth-order valence-corrected chi connectivity index (χ4v) is 2.76. The van der Waals surface area contributed by atoms with Crippen LogP contribution in [-0.2, 0) is 0 Å². The molecule has 0 saturated carbocycles. The summed E-state index contributed by atoms with van der Waals surface area (Å²) in [4.78, 5) is 1.96. The summed E-state index contributed by atoms with van der Waals surface area (Å²) < 4.78 is 40.1. The van der Waals surface area contributed by atoms with Gasteiger partial charge in [-0.2, -0.15) is 0 Å². The molecule has 0 aromatic heterocycles. The van der Waals surface area contributed by atoms with E-state index in [1.165, 1.54) is 0 Å². The molecule has 0 amide bonds. The maximum atomic E-state index is 13.8. The number of rotatable bonds is 2. The van der Waals surface area contributed by atoms with Gasteiger partial charge in [-0.05, 0) is 45.0 Å². The molecule has 1 saturated heterocycles. The van der Waals surface area contributed by atoms with Gasteiger partial charge in [-0.1, -0.05) is 0 Å². The van der Waals surface area contributed by atoms with Gasteiger partial charge in [-0.25, -0.2) is 13.2 Å². The Balaban J connectivity index is 2.41. The first kappa shape index (κ1) is 13.4. The van der Waals surface area contributed by atoms with Crippen molar-refractivity contribution in [2.75, 3.05) is 20.1 Å². The fourth-order valence-electron chi connectivity index (χ4n) is 2.76. The number of nitrogens with two attached hydrogens (primary N) is 1. The monoisotopic (exact) mass is 258 g/mol. The summed E-state index contributed by atoms with van der Waals surface area (Å²) >= 11 is 0. The van der Waals surface area contributed by atoms with Crippen molar-refractivity contribution in [2.45, 2.75) is 18.9 Å². The molecule has 1 heterocycles. The van der Waals surface area contributed by atoms with Crippen molar-refractivity contribution in [3.8, 4) is 0 Å². The molecule has 0 aliphatic carbocycles. The van der Waals surface area contributed by atoms with Crippen LogP contribution in [0, 0.1) is 23.4 Å². The topological polar surface area (TPSA) is 29.3 Å². The Kier molecular flexibility index (Phi) is 3.92. The van der Waals surface area contributed by atoms with Crippen LogP contribution in [0.1, 0.15) is 24.4 Å². The number of hydrogen-bond acceptors (Lipinski definition) is 2. The average Bonchev–Trinajstić information content (AvgIpc) is 2.34. The smallest absolute Gasteiger partial charge is 0.161 e. The lowest BCUT2D eigenvalue weighted by atomic mass is 9.85. The zero-order valence-electron chi connectivity index (χ0n) is 10.3. The number of hydrogen-bond donors (Lipinski definition) is 1. The second-order valence-corrected chi connectivity index (χ2v) is 4.85. The average molecular weight is 258 g/mol. The molecule has 1 aromatic rings. The maximum Gasteiger partial charge on any atom is 0.161 e. The summed E-state index contributed by atoms with van der Waals surface area (Å²) in [5, 5.41) is 0. The molecule has 0 radical (unpaired) electrons. The van der Waals surface area contributed by atoms with Gasteiger partial charge in [0.25, 0.3) is 0 Å². The molecule has 2 N–H and O–H groups in total. The summed E-state index contributed by atoms with van der Waals surface area (Å²) in [5.41, 5.74) is 5.89. The molecular weight excluding hydrogens is 241 g/mol. The lowest BCUT2D eigenvalue weighted by Gasteiger charge is -2.39. The minimum atomic E-state index is -1.15. The number of benzene rings is 1. The quantitative estimate of drug-likeness (QED) is 0.826.